The van der Waals surface area contributed by atoms with Crippen LogP contribution in [0.1, 0.15) is 57.4 Å². The predicted octanol–water partition coefficient (Wildman–Crippen LogP) is 6.35. The minimum absolute atomic E-state index is 0.592. The molecular formula is C20H25O. The molecule has 0 spiro atoms. The van der Waals surface area contributed by atoms with Crippen LogP contribution in [0.4, 0.5) is 0 Å². The molecule has 2 aromatic carbocycles. The van der Waals surface area contributed by atoms with Crippen LogP contribution in [-0.2, 0) is 0 Å². The maximum absolute atomic E-state index is 6.06. The molecule has 1 radical (unpaired) electrons. The standard InChI is InChI=1S/C20H25O/c1-3-5-12-17(11-4-2)19-15-9-10-16-20(19)21-18-13-7-6-8-14-18/h6-10,13,15-17H,3-5,11-12H2,1-2H3. The van der Waals surface area contributed by atoms with Crippen molar-refractivity contribution >= 4 is 0 Å². The van der Waals surface area contributed by atoms with Crippen molar-refractivity contribution in [2.75, 3.05) is 0 Å². The highest BCUT2D eigenvalue weighted by Gasteiger charge is 2.15. The van der Waals surface area contributed by atoms with Crippen LogP contribution in [0.2, 0.25) is 0 Å². The van der Waals surface area contributed by atoms with Gasteiger partial charge in [0.05, 0.1) is 0 Å². The van der Waals surface area contributed by atoms with Crippen molar-refractivity contribution in [1.82, 2.24) is 0 Å². The Bertz CT molecular complexity index is 518. The Morgan fingerprint density at radius 2 is 1.76 bits per heavy atom. The van der Waals surface area contributed by atoms with Crippen LogP contribution in [0, 0.1) is 6.07 Å². The van der Waals surface area contributed by atoms with Gasteiger partial charge in [-0.2, -0.15) is 0 Å². The summed E-state index contributed by atoms with van der Waals surface area (Å²) in [7, 11) is 0. The molecule has 0 bridgehead atoms. The van der Waals surface area contributed by atoms with Gasteiger partial charge in [-0.25, -0.2) is 0 Å². The molecule has 2 aromatic rings. The van der Waals surface area contributed by atoms with Crippen molar-refractivity contribution in [2.45, 2.75) is 51.9 Å². The van der Waals surface area contributed by atoms with Crippen LogP contribution in [-0.4, -0.2) is 0 Å². The maximum atomic E-state index is 6.06. The maximum Gasteiger partial charge on any atom is 0.135 e. The number of benzene rings is 2. The van der Waals surface area contributed by atoms with Gasteiger partial charge in [0.25, 0.3) is 0 Å². The average molecular weight is 281 g/mol. The minimum atomic E-state index is 0.592. The van der Waals surface area contributed by atoms with Gasteiger partial charge in [0.2, 0.25) is 0 Å². The number of hydrogen-bond donors (Lipinski definition) is 0. The van der Waals surface area contributed by atoms with Crippen molar-refractivity contribution in [3.05, 3.63) is 60.2 Å². The Hall–Kier alpha value is -1.76. The Balaban J connectivity index is 2.21. The zero-order chi connectivity index (χ0) is 14.9. The second kappa shape index (κ2) is 8.51. The molecule has 0 aromatic heterocycles. The fourth-order valence-electron chi connectivity index (χ4n) is 2.72. The van der Waals surface area contributed by atoms with Crippen molar-refractivity contribution in [3.8, 4) is 11.5 Å². The van der Waals surface area contributed by atoms with E-state index in [4.69, 9.17) is 4.74 Å². The molecule has 21 heavy (non-hydrogen) atoms. The molecule has 111 valence electrons. The summed E-state index contributed by atoms with van der Waals surface area (Å²) in [4.78, 5) is 0. The van der Waals surface area contributed by atoms with Crippen LogP contribution in [0.5, 0.6) is 11.5 Å². The molecule has 0 aliphatic heterocycles. The van der Waals surface area contributed by atoms with Gasteiger partial charge >= 0.3 is 0 Å². The number of rotatable bonds is 8. The minimum Gasteiger partial charge on any atom is -0.456 e. The van der Waals surface area contributed by atoms with Gasteiger partial charge < -0.3 is 4.74 Å². The molecule has 0 N–H and O–H groups in total. The van der Waals surface area contributed by atoms with Crippen LogP contribution < -0.4 is 4.74 Å². The largest absolute Gasteiger partial charge is 0.456 e. The molecule has 0 heterocycles. The van der Waals surface area contributed by atoms with Crippen molar-refractivity contribution in [3.63, 3.8) is 0 Å². The SMILES string of the molecule is CCCCC(CCC)c1ccccc1Oc1[c]cccc1. The van der Waals surface area contributed by atoms with E-state index < -0.39 is 0 Å². The lowest BCUT2D eigenvalue weighted by Crippen LogP contribution is -2.01. The molecule has 0 amide bonds. The van der Waals surface area contributed by atoms with Crippen LogP contribution in [0.25, 0.3) is 0 Å². The zero-order valence-corrected chi connectivity index (χ0v) is 13.1. The van der Waals surface area contributed by atoms with E-state index in [2.05, 4.69) is 38.1 Å². The van der Waals surface area contributed by atoms with E-state index in [1.807, 2.05) is 30.3 Å². The molecule has 0 saturated carbocycles. The molecule has 1 unspecified atom stereocenters. The highest BCUT2D eigenvalue weighted by Crippen LogP contribution is 2.35. The summed E-state index contributed by atoms with van der Waals surface area (Å²) < 4.78 is 6.06. The first-order valence-corrected chi connectivity index (χ1v) is 8.08. The third kappa shape index (κ3) is 4.63. The summed E-state index contributed by atoms with van der Waals surface area (Å²) in [5.74, 6) is 2.36. The van der Waals surface area contributed by atoms with Crippen molar-refractivity contribution in [2.24, 2.45) is 0 Å². The lowest BCUT2D eigenvalue weighted by Gasteiger charge is -2.20. The number of ether oxygens (including phenoxy) is 1. The quantitative estimate of drug-likeness (QED) is 0.547. The van der Waals surface area contributed by atoms with E-state index in [-0.39, 0.29) is 0 Å². The summed E-state index contributed by atoms with van der Waals surface area (Å²) in [6.07, 6.45) is 6.19. The Morgan fingerprint density at radius 1 is 0.952 bits per heavy atom. The first-order chi connectivity index (χ1) is 10.3. The fraction of sp³-hybridized carbons (Fsp3) is 0.400. The molecule has 0 saturated heterocycles. The van der Waals surface area contributed by atoms with E-state index in [0.29, 0.717) is 5.92 Å². The third-order valence-electron chi connectivity index (χ3n) is 3.80. The normalized spacial score (nSPS) is 12.1. The van der Waals surface area contributed by atoms with Gasteiger partial charge in [-0.3, -0.25) is 0 Å². The smallest absolute Gasteiger partial charge is 0.135 e. The Kier molecular flexibility index (Phi) is 6.33. The molecule has 0 aliphatic rings. The topological polar surface area (TPSA) is 9.23 Å². The molecule has 1 atom stereocenters. The van der Waals surface area contributed by atoms with Crippen molar-refractivity contribution < 1.29 is 4.74 Å². The zero-order valence-electron chi connectivity index (χ0n) is 13.1. The summed E-state index contributed by atoms with van der Waals surface area (Å²) in [6.45, 7) is 4.51. The van der Waals surface area contributed by atoms with Gasteiger partial charge in [0.1, 0.15) is 11.5 Å². The van der Waals surface area contributed by atoms with Gasteiger partial charge in [0.15, 0.2) is 0 Å². The monoisotopic (exact) mass is 281 g/mol. The lowest BCUT2D eigenvalue weighted by atomic mass is 9.89. The lowest BCUT2D eigenvalue weighted by molar-refractivity contribution is 0.455. The van der Waals surface area contributed by atoms with E-state index in [1.165, 1.54) is 37.7 Å². The number of hydrogen-bond acceptors (Lipinski definition) is 1. The van der Waals surface area contributed by atoms with Crippen LogP contribution in [0.15, 0.2) is 48.5 Å². The number of para-hydroxylation sites is 2. The molecule has 0 fully saturated rings. The molecule has 1 heteroatoms. The van der Waals surface area contributed by atoms with Crippen molar-refractivity contribution in [1.29, 1.82) is 0 Å². The van der Waals surface area contributed by atoms with E-state index in [1.54, 1.807) is 0 Å². The first kappa shape index (κ1) is 15.6. The summed E-state index contributed by atoms with van der Waals surface area (Å²) in [5, 5.41) is 0. The molecule has 0 aliphatic carbocycles. The van der Waals surface area contributed by atoms with E-state index in [9.17, 15) is 0 Å². The van der Waals surface area contributed by atoms with Gasteiger partial charge in [0, 0.05) is 6.07 Å². The fourth-order valence-corrected chi connectivity index (χ4v) is 2.72. The van der Waals surface area contributed by atoms with Gasteiger partial charge in [-0.1, -0.05) is 69.5 Å². The summed E-state index contributed by atoms with van der Waals surface area (Å²) >= 11 is 0. The van der Waals surface area contributed by atoms with E-state index >= 15 is 0 Å². The first-order valence-electron chi connectivity index (χ1n) is 8.08. The second-order valence-corrected chi connectivity index (χ2v) is 5.49. The highest BCUT2D eigenvalue weighted by atomic mass is 16.5. The summed E-state index contributed by atoms with van der Waals surface area (Å²) in [6, 6.07) is 19.4. The molecular weight excluding hydrogens is 256 g/mol. The van der Waals surface area contributed by atoms with Gasteiger partial charge in [-0.15, -0.1) is 0 Å². The highest BCUT2D eigenvalue weighted by molar-refractivity contribution is 5.39. The second-order valence-electron chi connectivity index (χ2n) is 5.49. The number of unbranched alkanes of at least 4 members (excludes halogenated alkanes) is 1. The molecule has 1 nitrogen and oxygen atoms in total. The van der Waals surface area contributed by atoms with Gasteiger partial charge in [-0.05, 0) is 36.5 Å². The predicted molar refractivity (Wildman–Crippen MR) is 89.0 cm³/mol. The average Bonchev–Trinajstić information content (AvgIpc) is 2.53. The Morgan fingerprint density at radius 3 is 2.48 bits per heavy atom. The van der Waals surface area contributed by atoms with Crippen LogP contribution in [0.3, 0.4) is 0 Å². The Labute approximate surface area is 129 Å². The summed E-state index contributed by atoms with van der Waals surface area (Å²) in [5.41, 5.74) is 1.34. The third-order valence-corrected chi connectivity index (χ3v) is 3.80. The van der Waals surface area contributed by atoms with E-state index in [0.717, 1.165) is 11.5 Å². The van der Waals surface area contributed by atoms with Crippen LogP contribution >= 0.6 is 0 Å². The molecule has 2 rings (SSSR count).